The molecule has 0 spiro atoms. The van der Waals surface area contributed by atoms with E-state index in [0.29, 0.717) is 12.2 Å². The minimum Gasteiger partial charge on any atom is -0.460 e. The molecule has 9 heteroatoms. The summed E-state index contributed by atoms with van der Waals surface area (Å²) < 4.78 is 17.6. The summed E-state index contributed by atoms with van der Waals surface area (Å²) in [4.78, 5) is 20.6. The number of nitrogens with zero attached hydrogens (tertiary/aromatic N) is 2. The fourth-order valence-electron chi connectivity index (χ4n) is 5.07. The fourth-order valence-corrected chi connectivity index (χ4v) is 5.07. The number of carbonyl (C=O) groups excluding carboxylic acids is 1. The Balaban J connectivity index is 1.20. The van der Waals surface area contributed by atoms with Gasteiger partial charge in [0.05, 0.1) is 24.1 Å². The first-order valence-electron chi connectivity index (χ1n) is 14.0. The van der Waals surface area contributed by atoms with E-state index < -0.39 is 11.4 Å². The Labute approximate surface area is 237 Å². The molecule has 5 N–H and O–H groups in total. The first-order valence-corrected chi connectivity index (χ1v) is 14.0. The minimum absolute atomic E-state index is 0.0143. The molecule has 2 atom stereocenters. The second-order valence-electron chi connectivity index (χ2n) is 12.0. The molecule has 0 radical (unpaired) electrons. The van der Waals surface area contributed by atoms with Crippen LogP contribution in [0.3, 0.4) is 0 Å². The molecule has 4 rings (SSSR count). The molecule has 1 fully saturated rings. The summed E-state index contributed by atoms with van der Waals surface area (Å²) in [6.45, 7) is 11.0. The van der Waals surface area contributed by atoms with Gasteiger partial charge in [0, 0.05) is 18.4 Å². The molecule has 3 aromatic rings. The predicted molar refractivity (Wildman–Crippen MR) is 157 cm³/mol. The number of aromatic nitrogens is 2. The average Bonchev–Trinajstić information content (AvgIpc) is 2.84. The van der Waals surface area contributed by atoms with Crippen LogP contribution in [-0.4, -0.2) is 46.1 Å². The van der Waals surface area contributed by atoms with Gasteiger partial charge in [-0.1, -0.05) is 30.3 Å². The van der Waals surface area contributed by atoms with E-state index in [9.17, 15) is 4.79 Å². The van der Waals surface area contributed by atoms with Gasteiger partial charge in [-0.3, -0.25) is 4.79 Å². The number of nitrogen functional groups attached to an aromatic ring is 2. The van der Waals surface area contributed by atoms with Crippen LogP contribution in [0, 0.1) is 0 Å². The van der Waals surface area contributed by atoms with Crippen molar-refractivity contribution in [3.05, 3.63) is 59.2 Å². The first kappa shape index (κ1) is 29.7. The highest BCUT2D eigenvalue weighted by molar-refractivity contribution is 5.89. The number of esters is 1. The molecule has 1 aliphatic rings. The number of ether oxygens (including phenoxy) is 3. The third-order valence-corrected chi connectivity index (χ3v) is 6.75. The van der Waals surface area contributed by atoms with Gasteiger partial charge in [-0.05, 0) is 89.2 Å². The molecule has 1 saturated heterocycles. The van der Waals surface area contributed by atoms with Crippen molar-refractivity contribution in [1.29, 1.82) is 0 Å². The quantitative estimate of drug-likeness (QED) is 0.243. The monoisotopic (exact) mass is 549 g/mol. The van der Waals surface area contributed by atoms with E-state index in [1.54, 1.807) is 0 Å². The van der Waals surface area contributed by atoms with E-state index in [4.69, 9.17) is 25.7 Å². The lowest BCUT2D eigenvalue weighted by Gasteiger charge is -2.41. The van der Waals surface area contributed by atoms with Gasteiger partial charge in [-0.2, -0.15) is 4.98 Å². The van der Waals surface area contributed by atoms with Crippen molar-refractivity contribution < 1.29 is 19.0 Å². The third kappa shape index (κ3) is 8.87. The van der Waals surface area contributed by atoms with Crippen molar-refractivity contribution in [2.45, 2.75) is 96.9 Å². The number of fused-ring (bicyclic) bond motifs is 1. The number of rotatable bonds is 10. The summed E-state index contributed by atoms with van der Waals surface area (Å²) in [5.41, 5.74) is 15.7. The SMILES string of the molecule is CC(C)(C)OC(=O)CC1CC(CCNCc2ccc(CCc3ccc4nc(N)nc(N)c4c3)cc2)OC(C)(C)O1. The first-order chi connectivity index (χ1) is 18.8. The second kappa shape index (κ2) is 12.5. The average molecular weight is 550 g/mol. The van der Waals surface area contributed by atoms with Gasteiger partial charge >= 0.3 is 5.97 Å². The number of nitrogens with two attached hydrogens (primary N) is 2. The largest absolute Gasteiger partial charge is 0.460 e. The molecule has 40 heavy (non-hydrogen) atoms. The number of benzene rings is 2. The zero-order chi connectivity index (χ0) is 28.9. The van der Waals surface area contributed by atoms with E-state index in [1.165, 1.54) is 16.7 Å². The van der Waals surface area contributed by atoms with Crippen LogP contribution in [0.25, 0.3) is 10.9 Å². The van der Waals surface area contributed by atoms with E-state index >= 15 is 0 Å². The minimum atomic E-state index is -0.730. The normalized spacial score (nSPS) is 19.0. The molecule has 1 aromatic heterocycles. The van der Waals surface area contributed by atoms with Crippen LogP contribution in [0.2, 0.25) is 0 Å². The predicted octanol–water partition coefficient (Wildman–Crippen LogP) is 4.70. The van der Waals surface area contributed by atoms with Crippen molar-refractivity contribution in [2.24, 2.45) is 0 Å². The molecule has 0 aliphatic carbocycles. The van der Waals surface area contributed by atoms with Crippen molar-refractivity contribution in [3.63, 3.8) is 0 Å². The van der Waals surface area contributed by atoms with Crippen LogP contribution in [-0.2, 0) is 38.4 Å². The number of hydrogen-bond acceptors (Lipinski definition) is 9. The lowest BCUT2D eigenvalue weighted by Crippen LogP contribution is -2.46. The summed E-state index contributed by atoms with van der Waals surface area (Å²) in [7, 11) is 0. The highest BCUT2D eigenvalue weighted by Gasteiger charge is 2.36. The molecular weight excluding hydrogens is 506 g/mol. The van der Waals surface area contributed by atoms with Crippen molar-refractivity contribution >= 4 is 28.6 Å². The maximum absolute atomic E-state index is 12.3. The van der Waals surface area contributed by atoms with Gasteiger partial charge in [-0.15, -0.1) is 0 Å². The summed E-state index contributed by atoms with van der Waals surface area (Å²) >= 11 is 0. The van der Waals surface area contributed by atoms with Crippen LogP contribution >= 0.6 is 0 Å². The molecular formula is C31H43N5O4. The fraction of sp³-hybridized carbons (Fsp3) is 0.516. The van der Waals surface area contributed by atoms with Gasteiger partial charge in [0.2, 0.25) is 5.95 Å². The summed E-state index contributed by atoms with van der Waals surface area (Å²) in [6, 6.07) is 14.8. The topological polar surface area (TPSA) is 135 Å². The number of hydrogen-bond donors (Lipinski definition) is 3. The van der Waals surface area contributed by atoms with Gasteiger partial charge in [0.25, 0.3) is 0 Å². The zero-order valence-corrected chi connectivity index (χ0v) is 24.3. The zero-order valence-electron chi connectivity index (χ0n) is 24.3. The highest BCUT2D eigenvalue weighted by Crippen LogP contribution is 2.30. The van der Waals surface area contributed by atoms with Gasteiger partial charge in [0.1, 0.15) is 11.4 Å². The van der Waals surface area contributed by atoms with Crippen LogP contribution in [0.5, 0.6) is 0 Å². The highest BCUT2D eigenvalue weighted by atomic mass is 16.7. The molecule has 2 heterocycles. The molecule has 0 amide bonds. The second-order valence-corrected chi connectivity index (χ2v) is 12.0. The number of anilines is 2. The summed E-state index contributed by atoms with van der Waals surface area (Å²) in [5.74, 6) is -0.365. The molecule has 9 nitrogen and oxygen atoms in total. The van der Waals surface area contributed by atoms with Crippen LogP contribution in [0.4, 0.5) is 11.8 Å². The smallest absolute Gasteiger partial charge is 0.308 e. The van der Waals surface area contributed by atoms with E-state index in [0.717, 1.165) is 43.3 Å². The Bertz CT molecular complexity index is 1300. The maximum Gasteiger partial charge on any atom is 0.308 e. The molecule has 2 aromatic carbocycles. The molecule has 0 saturated carbocycles. The van der Waals surface area contributed by atoms with Crippen LogP contribution < -0.4 is 16.8 Å². The Morgan fingerprint density at radius 2 is 1.65 bits per heavy atom. The standard InChI is InChI=1S/C31H43N5O4/c1-30(2,3)40-27(37)18-24-17-23(38-31(4,5)39-24)14-15-34-19-22-10-7-20(8-11-22)6-9-21-12-13-26-25(16-21)28(32)36-29(33)35-26/h7-8,10-13,16,23-24,34H,6,9,14-15,17-19H2,1-5H3,(H4,32,33,35,36). The Morgan fingerprint density at radius 3 is 2.38 bits per heavy atom. The van der Waals surface area contributed by atoms with Crippen LogP contribution in [0.15, 0.2) is 42.5 Å². The molecule has 0 bridgehead atoms. The Hall–Kier alpha value is -3.27. The molecule has 1 aliphatic heterocycles. The van der Waals surface area contributed by atoms with Crippen molar-refractivity contribution in [1.82, 2.24) is 15.3 Å². The number of carbonyl (C=O) groups is 1. The summed E-state index contributed by atoms with van der Waals surface area (Å²) in [6.07, 6.45) is 3.37. The van der Waals surface area contributed by atoms with Crippen molar-refractivity contribution in [3.8, 4) is 0 Å². The lowest BCUT2D eigenvalue weighted by molar-refractivity contribution is -0.300. The van der Waals surface area contributed by atoms with Gasteiger partial charge in [-0.25, -0.2) is 4.98 Å². The van der Waals surface area contributed by atoms with E-state index in [-0.39, 0.29) is 30.5 Å². The van der Waals surface area contributed by atoms with E-state index in [1.807, 2.05) is 46.8 Å². The Kier molecular flexibility index (Phi) is 9.28. The van der Waals surface area contributed by atoms with Gasteiger partial charge < -0.3 is 31.0 Å². The van der Waals surface area contributed by atoms with E-state index in [2.05, 4.69) is 45.6 Å². The summed E-state index contributed by atoms with van der Waals surface area (Å²) in [5, 5.41) is 4.36. The maximum atomic E-state index is 12.3. The number of aryl methyl sites for hydroxylation is 2. The number of nitrogens with one attached hydrogen (secondary N) is 1. The lowest BCUT2D eigenvalue weighted by atomic mass is 10.0. The Morgan fingerprint density at radius 1 is 1.00 bits per heavy atom. The molecule has 216 valence electrons. The van der Waals surface area contributed by atoms with Crippen molar-refractivity contribution in [2.75, 3.05) is 18.0 Å². The van der Waals surface area contributed by atoms with Crippen LogP contribution in [0.1, 0.15) is 70.6 Å². The molecule has 2 unspecified atom stereocenters. The van der Waals surface area contributed by atoms with Gasteiger partial charge in [0.15, 0.2) is 5.79 Å². The third-order valence-electron chi connectivity index (χ3n) is 6.75.